The number of rotatable bonds is 0. The van der Waals surface area contributed by atoms with Crippen molar-refractivity contribution in [3.63, 3.8) is 0 Å². The molecular formula is C2H8CuNO. The fourth-order valence-corrected chi connectivity index (χ4v) is 0. The molecule has 38 valence electrons. The molecule has 0 heterocycles. The second kappa shape index (κ2) is 25.3. The van der Waals surface area contributed by atoms with Crippen molar-refractivity contribution in [3.8, 4) is 0 Å². The maximum absolute atomic E-state index is 4.74. The van der Waals surface area contributed by atoms with Crippen molar-refractivity contribution in [3.05, 3.63) is 6.92 Å². The molecule has 0 aliphatic carbocycles. The van der Waals surface area contributed by atoms with Gasteiger partial charge in [-0.1, -0.05) is 0 Å². The molecule has 0 radical (unpaired) electrons. The van der Waals surface area contributed by atoms with Crippen molar-refractivity contribution in [2.45, 2.75) is 0 Å². The third kappa shape index (κ3) is 137. The molecule has 3 heteroatoms. The molecule has 0 fully saturated rings. The van der Waals surface area contributed by atoms with Crippen LogP contribution in [0.1, 0.15) is 0 Å². The molecule has 0 saturated heterocycles. The predicted molar refractivity (Wildman–Crippen MR) is 18.0 cm³/mol. The Morgan fingerprint density at radius 3 is 1.60 bits per heavy atom. The van der Waals surface area contributed by atoms with Crippen LogP contribution >= 0.6 is 0 Å². The topological polar surface area (TPSA) is 57.5 Å². The molecule has 0 bridgehead atoms. The summed E-state index contributed by atoms with van der Waals surface area (Å²) in [6, 6.07) is 0. The van der Waals surface area contributed by atoms with E-state index < -0.39 is 0 Å². The smallest absolute Gasteiger partial charge is 0.412 e. The van der Waals surface area contributed by atoms with Crippen LogP contribution in [0.15, 0.2) is 0 Å². The van der Waals surface area contributed by atoms with E-state index in [1.807, 2.05) is 0 Å². The molecule has 0 aromatic rings. The summed E-state index contributed by atoms with van der Waals surface area (Å²) in [6.45, 7) is 3.76. The SMILES string of the molecule is O.[CH2-]CN.[Cu+]. The van der Waals surface area contributed by atoms with Crippen LogP contribution in [0.3, 0.4) is 0 Å². The van der Waals surface area contributed by atoms with E-state index in [4.69, 9.17) is 5.73 Å². The molecule has 2 nitrogen and oxygen atoms in total. The Kier molecular flexibility index (Phi) is 91.3. The van der Waals surface area contributed by atoms with E-state index in [1.54, 1.807) is 0 Å². The van der Waals surface area contributed by atoms with Gasteiger partial charge in [0.25, 0.3) is 0 Å². The minimum absolute atomic E-state index is 0. The van der Waals surface area contributed by atoms with Gasteiger partial charge in [0.1, 0.15) is 0 Å². The first kappa shape index (κ1) is 18.0. The molecular weight excluding hydrogens is 118 g/mol. The van der Waals surface area contributed by atoms with E-state index in [9.17, 15) is 0 Å². The molecule has 0 spiro atoms. The Balaban J connectivity index is -0.0000000200. The monoisotopic (exact) mass is 125 g/mol. The predicted octanol–water partition coefficient (Wildman–Crippen LogP) is -1.05. The molecule has 0 aromatic carbocycles. The third-order valence-electron chi connectivity index (χ3n) is 0. The van der Waals surface area contributed by atoms with Gasteiger partial charge in [0.15, 0.2) is 0 Å². The molecule has 0 unspecified atom stereocenters. The van der Waals surface area contributed by atoms with Crippen molar-refractivity contribution in [1.82, 2.24) is 0 Å². The van der Waals surface area contributed by atoms with Gasteiger partial charge in [-0.05, 0) is 0 Å². The summed E-state index contributed by atoms with van der Waals surface area (Å²) >= 11 is 0. The summed E-state index contributed by atoms with van der Waals surface area (Å²) in [4.78, 5) is 0. The fourth-order valence-electron chi connectivity index (χ4n) is 0. The van der Waals surface area contributed by atoms with Gasteiger partial charge in [0.2, 0.25) is 0 Å². The zero-order chi connectivity index (χ0) is 2.71. The van der Waals surface area contributed by atoms with Crippen LogP contribution in [0.2, 0.25) is 0 Å². The average molecular weight is 126 g/mol. The first-order chi connectivity index (χ1) is 1.41. The van der Waals surface area contributed by atoms with Crippen molar-refractivity contribution in [1.29, 1.82) is 0 Å². The normalized spacial score (nSPS) is 3.60. The van der Waals surface area contributed by atoms with E-state index in [1.165, 1.54) is 0 Å². The summed E-state index contributed by atoms with van der Waals surface area (Å²) in [5, 5.41) is 0. The third-order valence-corrected chi connectivity index (χ3v) is 0. The van der Waals surface area contributed by atoms with Crippen molar-refractivity contribution < 1.29 is 22.5 Å². The number of hydrogen-bond acceptors (Lipinski definition) is 1. The van der Waals surface area contributed by atoms with Gasteiger partial charge in [0.05, 0.1) is 0 Å². The van der Waals surface area contributed by atoms with Crippen LogP contribution < -0.4 is 5.73 Å². The van der Waals surface area contributed by atoms with Gasteiger partial charge in [0, 0.05) is 0 Å². The van der Waals surface area contributed by atoms with Crippen LogP contribution in [0.4, 0.5) is 0 Å². The van der Waals surface area contributed by atoms with Gasteiger partial charge in [-0.25, -0.2) is 0 Å². The first-order valence-corrected chi connectivity index (χ1v) is 0.908. The van der Waals surface area contributed by atoms with E-state index in [0.717, 1.165) is 0 Å². The van der Waals surface area contributed by atoms with Crippen LogP contribution in [-0.4, -0.2) is 12.0 Å². The number of nitrogens with two attached hydrogens (primary N) is 1. The van der Waals surface area contributed by atoms with Gasteiger partial charge in [-0.3, -0.25) is 0 Å². The molecule has 0 atom stereocenters. The summed E-state index contributed by atoms with van der Waals surface area (Å²) in [5.74, 6) is 0. The second-order valence-corrected chi connectivity index (χ2v) is 0.289. The van der Waals surface area contributed by atoms with Gasteiger partial charge >= 0.3 is 17.1 Å². The minimum Gasteiger partial charge on any atom is -0.412 e. The second-order valence-electron chi connectivity index (χ2n) is 0.289. The van der Waals surface area contributed by atoms with Gasteiger partial charge in [-0.2, -0.15) is 0 Å². The first-order valence-electron chi connectivity index (χ1n) is 0.908. The Morgan fingerprint density at radius 2 is 1.60 bits per heavy atom. The maximum Gasteiger partial charge on any atom is 1.00 e. The van der Waals surface area contributed by atoms with Gasteiger partial charge in [-0.15, -0.1) is 6.54 Å². The quantitative estimate of drug-likeness (QED) is 0.326. The Morgan fingerprint density at radius 1 is 1.60 bits per heavy atom. The van der Waals surface area contributed by atoms with E-state index >= 15 is 0 Å². The van der Waals surface area contributed by atoms with Crippen LogP contribution in [0.25, 0.3) is 0 Å². The molecule has 0 saturated carbocycles. The van der Waals surface area contributed by atoms with Crippen LogP contribution in [-0.2, 0) is 17.1 Å². The van der Waals surface area contributed by atoms with Gasteiger partial charge < -0.3 is 18.1 Å². The minimum atomic E-state index is 0. The molecule has 0 amide bonds. The largest absolute Gasteiger partial charge is 1.00 e. The summed E-state index contributed by atoms with van der Waals surface area (Å²) < 4.78 is 0. The molecule has 0 rings (SSSR count). The molecule has 5 heavy (non-hydrogen) atoms. The van der Waals surface area contributed by atoms with Crippen molar-refractivity contribution in [2.24, 2.45) is 5.73 Å². The van der Waals surface area contributed by atoms with Crippen LogP contribution in [0.5, 0.6) is 0 Å². The zero-order valence-corrected chi connectivity index (χ0v) is 3.73. The zero-order valence-electron chi connectivity index (χ0n) is 2.79. The Labute approximate surface area is 42.5 Å². The molecule has 0 aromatic heterocycles. The van der Waals surface area contributed by atoms with Crippen molar-refractivity contribution in [2.75, 3.05) is 6.54 Å². The molecule has 4 N–H and O–H groups in total. The number of hydrogen-bond donors (Lipinski definition) is 1. The van der Waals surface area contributed by atoms with E-state index in [0.29, 0.717) is 6.54 Å². The van der Waals surface area contributed by atoms with E-state index in [2.05, 4.69) is 6.92 Å². The Hall–Kier alpha value is 0.439. The maximum atomic E-state index is 4.74. The standard InChI is InChI=1S/C2H6N.Cu.H2O/c1-2-3;;/h1-3H2;;1H2/q-1;+1;. The summed E-state index contributed by atoms with van der Waals surface area (Å²) in [6.07, 6.45) is 0. The van der Waals surface area contributed by atoms with Crippen molar-refractivity contribution >= 4 is 0 Å². The van der Waals surface area contributed by atoms with E-state index in [-0.39, 0.29) is 22.5 Å². The van der Waals surface area contributed by atoms with Crippen LogP contribution in [0, 0.1) is 6.92 Å². The molecule has 0 aliphatic rings. The summed E-state index contributed by atoms with van der Waals surface area (Å²) in [7, 11) is 0. The fraction of sp³-hybridized carbons (Fsp3) is 0.500. The average Bonchev–Trinajstić information content (AvgIpc) is 0.918. The molecule has 0 aliphatic heterocycles. The summed E-state index contributed by atoms with van der Waals surface area (Å²) in [5.41, 5.74) is 4.74. The Bertz CT molecular complexity index is 9.61.